The number of hydrogen-bond acceptors (Lipinski definition) is 2. The van der Waals surface area contributed by atoms with Gasteiger partial charge in [0.25, 0.3) is 0 Å². The number of amides is 2. The summed E-state index contributed by atoms with van der Waals surface area (Å²) in [5.74, 6) is 3.51. The Balaban J connectivity index is 1.53. The summed E-state index contributed by atoms with van der Waals surface area (Å²) < 4.78 is 0. The molecule has 2 N–H and O–H groups in total. The SMILES string of the molecule is C=C(C)C(=O)NCC(=O)NC1(C2CCCCC2)C2CC3CC(C2)CC1C3. The molecule has 0 aromatic carbocycles. The van der Waals surface area contributed by atoms with Gasteiger partial charge in [0.2, 0.25) is 11.8 Å². The summed E-state index contributed by atoms with van der Waals surface area (Å²) in [5, 5.41) is 6.28. The van der Waals surface area contributed by atoms with Gasteiger partial charge in [-0.2, -0.15) is 0 Å². The lowest BCUT2D eigenvalue weighted by molar-refractivity contribution is -0.140. The Morgan fingerprint density at radius 1 is 0.923 bits per heavy atom. The number of hydrogen-bond donors (Lipinski definition) is 2. The lowest BCUT2D eigenvalue weighted by Gasteiger charge is -2.64. The van der Waals surface area contributed by atoms with Crippen molar-refractivity contribution in [3.05, 3.63) is 12.2 Å². The average Bonchev–Trinajstić information content (AvgIpc) is 2.63. The van der Waals surface area contributed by atoms with Crippen LogP contribution in [0.3, 0.4) is 0 Å². The van der Waals surface area contributed by atoms with Crippen LogP contribution >= 0.6 is 0 Å². The van der Waals surface area contributed by atoms with Crippen LogP contribution in [-0.2, 0) is 9.59 Å². The Labute approximate surface area is 157 Å². The molecular weight excluding hydrogens is 324 g/mol. The van der Waals surface area contributed by atoms with Crippen molar-refractivity contribution >= 4 is 11.8 Å². The fraction of sp³-hybridized carbons (Fsp3) is 0.818. The van der Waals surface area contributed by atoms with Gasteiger partial charge in [-0.1, -0.05) is 25.8 Å². The van der Waals surface area contributed by atoms with Gasteiger partial charge in [0.1, 0.15) is 0 Å². The van der Waals surface area contributed by atoms with Gasteiger partial charge in [-0.25, -0.2) is 0 Å². The minimum atomic E-state index is -0.225. The molecule has 4 bridgehead atoms. The number of nitrogens with one attached hydrogen (secondary N) is 2. The molecule has 26 heavy (non-hydrogen) atoms. The molecule has 0 spiro atoms. The fourth-order valence-electron chi connectivity index (χ4n) is 7.11. The molecule has 5 rings (SSSR count). The van der Waals surface area contributed by atoms with Gasteiger partial charge in [-0.3, -0.25) is 9.59 Å². The monoisotopic (exact) mass is 358 g/mol. The molecule has 0 saturated heterocycles. The topological polar surface area (TPSA) is 58.2 Å². The van der Waals surface area contributed by atoms with E-state index in [-0.39, 0.29) is 23.9 Å². The molecule has 0 aliphatic heterocycles. The Kier molecular flexibility index (Phi) is 4.87. The number of carbonyl (C=O) groups excluding carboxylic acids is 2. The molecule has 0 atom stereocenters. The van der Waals surface area contributed by atoms with E-state index in [1.807, 2.05) is 0 Å². The summed E-state index contributed by atoms with van der Waals surface area (Å²) in [6.45, 7) is 5.40. The molecule has 0 heterocycles. The molecule has 5 aliphatic rings. The Morgan fingerprint density at radius 2 is 1.50 bits per heavy atom. The normalized spacial score (nSPS) is 38.8. The molecule has 0 aromatic heterocycles. The third-order valence-corrected chi connectivity index (χ3v) is 7.92. The second-order valence-electron chi connectivity index (χ2n) is 9.58. The van der Waals surface area contributed by atoms with Crippen molar-refractivity contribution in [2.75, 3.05) is 6.54 Å². The number of carbonyl (C=O) groups is 2. The van der Waals surface area contributed by atoms with Crippen LogP contribution in [0.2, 0.25) is 0 Å². The second-order valence-corrected chi connectivity index (χ2v) is 9.58. The smallest absolute Gasteiger partial charge is 0.246 e. The van der Waals surface area contributed by atoms with Crippen molar-refractivity contribution < 1.29 is 9.59 Å². The summed E-state index contributed by atoms with van der Waals surface area (Å²) >= 11 is 0. The van der Waals surface area contributed by atoms with Gasteiger partial charge in [0.15, 0.2) is 0 Å². The van der Waals surface area contributed by atoms with Crippen molar-refractivity contribution in [3.63, 3.8) is 0 Å². The minimum absolute atomic E-state index is 0.00112. The van der Waals surface area contributed by atoms with Gasteiger partial charge in [-0.05, 0) is 81.5 Å². The highest BCUT2D eigenvalue weighted by molar-refractivity contribution is 5.94. The standard InChI is InChI=1S/C22H34N2O2/c1-14(2)21(26)23-13-20(25)24-22(17-6-4-3-5-7-17)18-9-15-8-16(11-18)12-19(22)10-15/h15-19H,1,3-13H2,2H3,(H,23,26)(H,24,25). The van der Waals surface area contributed by atoms with E-state index in [2.05, 4.69) is 17.2 Å². The predicted octanol–water partition coefficient (Wildman–Crippen LogP) is 3.57. The van der Waals surface area contributed by atoms with Gasteiger partial charge in [-0.15, -0.1) is 0 Å². The van der Waals surface area contributed by atoms with Crippen molar-refractivity contribution in [1.82, 2.24) is 10.6 Å². The lowest BCUT2D eigenvalue weighted by Crippen LogP contribution is -2.70. The van der Waals surface area contributed by atoms with Crippen LogP contribution in [0.25, 0.3) is 0 Å². The molecule has 5 saturated carbocycles. The molecule has 5 aliphatic carbocycles. The first-order valence-corrected chi connectivity index (χ1v) is 10.7. The molecule has 4 nitrogen and oxygen atoms in total. The fourth-order valence-corrected chi connectivity index (χ4v) is 7.11. The number of rotatable bonds is 5. The van der Waals surface area contributed by atoms with Gasteiger partial charge < -0.3 is 10.6 Å². The molecule has 0 aromatic rings. The first-order valence-electron chi connectivity index (χ1n) is 10.7. The van der Waals surface area contributed by atoms with E-state index < -0.39 is 0 Å². The second kappa shape index (κ2) is 7.01. The Morgan fingerprint density at radius 3 is 2.04 bits per heavy atom. The van der Waals surface area contributed by atoms with Gasteiger partial charge in [0, 0.05) is 11.1 Å². The van der Waals surface area contributed by atoms with E-state index >= 15 is 0 Å². The third-order valence-electron chi connectivity index (χ3n) is 7.92. The van der Waals surface area contributed by atoms with Crippen LogP contribution in [0.4, 0.5) is 0 Å². The van der Waals surface area contributed by atoms with Crippen molar-refractivity contribution in [3.8, 4) is 0 Å². The highest BCUT2D eigenvalue weighted by Gasteiger charge is 2.60. The van der Waals surface area contributed by atoms with Crippen molar-refractivity contribution in [2.24, 2.45) is 29.6 Å². The predicted molar refractivity (Wildman–Crippen MR) is 102 cm³/mol. The van der Waals surface area contributed by atoms with Crippen LogP contribution in [0, 0.1) is 29.6 Å². The zero-order chi connectivity index (χ0) is 18.3. The van der Waals surface area contributed by atoms with E-state index in [0.717, 1.165) is 11.8 Å². The van der Waals surface area contributed by atoms with Crippen molar-refractivity contribution in [2.45, 2.75) is 76.7 Å². The quantitative estimate of drug-likeness (QED) is 0.738. The van der Waals surface area contributed by atoms with Crippen LogP contribution in [0.5, 0.6) is 0 Å². The summed E-state index contributed by atoms with van der Waals surface area (Å²) in [5.41, 5.74) is 0.452. The lowest BCUT2D eigenvalue weighted by atomic mass is 9.45. The van der Waals surface area contributed by atoms with Crippen LogP contribution in [-0.4, -0.2) is 23.9 Å². The molecule has 144 valence electrons. The van der Waals surface area contributed by atoms with Gasteiger partial charge >= 0.3 is 0 Å². The maximum absolute atomic E-state index is 12.9. The largest absolute Gasteiger partial charge is 0.348 e. The van der Waals surface area contributed by atoms with E-state index in [4.69, 9.17) is 0 Å². The summed E-state index contributed by atoms with van der Waals surface area (Å²) in [6.07, 6.45) is 13.1. The molecular formula is C22H34N2O2. The highest BCUT2D eigenvalue weighted by Crippen LogP contribution is 2.61. The molecule has 0 radical (unpaired) electrons. The third kappa shape index (κ3) is 3.10. The maximum atomic E-state index is 12.9. The molecule has 4 heteroatoms. The van der Waals surface area contributed by atoms with E-state index in [1.165, 1.54) is 64.2 Å². The maximum Gasteiger partial charge on any atom is 0.246 e. The highest BCUT2D eigenvalue weighted by atomic mass is 16.2. The van der Waals surface area contributed by atoms with E-state index in [9.17, 15) is 9.59 Å². The van der Waals surface area contributed by atoms with Crippen LogP contribution < -0.4 is 10.6 Å². The summed E-state index contributed by atoms with van der Waals surface area (Å²) in [7, 11) is 0. The van der Waals surface area contributed by atoms with Gasteiger partial charge in [0.05, 0.1) is 6.54 Å². The van der Waals surface area contributed by atoms with Crippen molar-refractivity contribution in [1.29, 1.82) is 0 Å². The minimum Gasteiger partial charge on any atom is -0.348 e. The zero-order valence-corrected chi connectivity index (χ0v) is 16.2. The van der Waals surface area contributed by atoms with Crippen LogP contribution in [0.1, 0.15) is 71.1 Å². The summed E-state index contributed by atoms with van der Waals surface area (Å²) in [4.78, 5) is 24.6. The molecule has 0 unspecified atom stereocenters. The summed E-state index contributed by atoms with van der Waals surface area (Å²) in [6, 6.07) is 0. The molecule has 2 amide bonds. The van der Waals surface area contributed by atoms with Crippen LogP contribution in [0.15, 0.2) is 12.2 Å². The Bertz CT molecular complexity index is 557. The van der Waals surface area contributed by atoms with E-state index in [1.54, 1.807) is 6.92 Å². The first kappa shape index (κ1) is 18.1. The Hall–Kier alpha value is -1.32. The zero-order valence-electron chi connectivity index (χ0n) is 16.2. The molecule has 5 fully saturated rings. The van der Waals surface area contributed by atoms with E-state index in [0.29, 0.717) is 23.3 Å². The first-order chi connectivity index (χ1) is 12.5. The average molecular weight is 359 g/mol.